The average molecular weight is 267 g/mol. The zero-order chi connectivity index (χ0) is 13.5. The molecule has 0 aliphatic carbocycles. The predicted molar refractivity (Wildman–Crippen MR) is 73.1 cm³/mol. The maximum atomic E-state index is 5.70. The summed E-state index contributed by atoms with van der Waals surface area (Å²) in [5.41, 5.74) is 0. The predicted octanol–water partition coefficient (Wildman–Crippen LogP) is 2.11. The van der Waals surface area contributed by atoms with Crippen molar-refractivity contribution in [2.45, 2.75) is 64.0 Å². The van der Waals surface area contributed by atoms with Crippen molar-refractivity contribution in [3.63, 3.8) is 0 Å². The molecule has 0 amide bonds. The Morgan fingerprint density at radius 2 is 2.32 bits per heavy atom. The molecule has 0 radical (unpaired) electrons. The van der Waals surface area contributed by atoms with Crippen molar-refractivity contribution < 1.29 is 9.26 Å². The van der Waals surface area contributed by atoms with Crippen LogP contribution in [0.25, 0.3) is 0 Å². The van der Waals surface area contributed by atoms with Crippen molar-refractivity contribution in [1.82, 2.24) is 15.5 Å². The van der Waals surface area contributed by atoms with E-state index in [1.807, 2.05) is 7.05 Å². The molecule has 1 aromatic heterocycles. The summed E-state index contributed by atoms with van der Waals surface area (Å²) in [4.78, 5) is 4.48. The van der Waals surface area contributed by atoms with Crippen LogP contribution >= 0.6 is 0 Å². The molecule has 5 heteroatoms. The van der Waals surface area contributed by atoms with Gasteiger partial charge in [-0.15, -0.1) is 0 Å². The lowest BCUT2D eigenvalue weighted by atomic mass is 10.1. The first-order chi connectivity index (χ1) is 9.31. The molecule has 2 rings (SSSR count). The molecule has 0 spiro atoms. The molecule has 1 fully saturated rings. The Morgan fingerprint density at radius 1 is 1.42 bits per heavy atom. The first-order valence-corrected chi connectivity index (χ1v) is 7.42. The fourth-order valence-corrected chi connectivity index (χ4v) is 2.54. The summed E-state index contributed by atoms with van der Waals surface area (Å²) in [6.07, 6.45) is 7.67. The molecule has 2 unspecified atom stereocenters. The summed E-state index contributed by atoms with van der Waals surface area (Å²) in [7, 11) is 1.98. The first kappa shape index (κ1) is 14.5. The maximum Gasteiger partial charge on any atom is 0.228 e. The van der Waals surface area contributed by atoms with Gasteiger partial charge in [-0.3, -0.25) is 0 Å². The number of likely N-dealkylation sites (N-methyl/N-ethyl adjacent to an activating group) is 1. The Morgan fingerprint density at radius 3 is 3.00 bits per heavy atom. The van der Waals surface area contributed by atoms with Gasteiger partial charge >= 0.3 is 0 Å². The molecule has 1 aliphatic heterocycles. The molecule has 19 heavy (non-hydrogen) atoms. The van der Waals surface area contributed by atoms with Crippen LogP contribution in [0, 0.1) is 0 Å². The van der Waals surface area contributed by atoms with E-state index in [-0.39, 0.29) is 6.10 Å². The standard InChI is InChI=1S/C14H25N3O2/c1-3-6-11(15-2)9-14-16-13(17-19-14)10-12-7-4-5-8-18-12/h11-12,15H,3-10H2,1-2H3. The Hall–Kier alpha value is -0.940. The maximum absolute atomic E-state index is 5.70. The van der Waals surface area contributed by atoms with Crippen LogP contribution in [0.2, 0.25) is 0 Å². The van der Waals surface area contributed by atoms with E-state index in [1.54, 1.807) is 0 Å². The smallest absolute Gasteiger partial charge is 0.228 e. The molecule has 1 saturated heterocycles. The Bertz CT molecular complexity index is 340. The van der Waals surface area contributed by atoms with Crippen LogP contribution in [0.4, 0.5) is 0 Å². The topological polar surface area (TPSA) is 60.2 Å². The van der Waals surface area contributed by atoms with Gasteiger partial charge in [-0.1, -0.05) is 18.5 Å². The van der Waals surface area contributed by atoms with Crippen LogP contribution in [0.5, 0.6) is 0 Å². The third-order valence-corrected chi connectivity index (χ3v) is 3.66. The van der Waals surface area contributed by atoms with Gasteiger partial charge in [0.1, 0.15) is 0 Å². The highest BCUT2D eigenvalue weighted by atomic mass is 16.5. The molecule has 0 saturated carbocycles. The molecular weight excluding hydrogens is 242 g/mol. The highest BCUT2D eigenvalue weighted by Crippen LogP contribution is 2.16. The number of aromatic nitrogens is 2. The minimum absolute atomic E-state index is 0.273. The summed E-state index contributed by atoms with van der Waals surface area (Å²) in [6.45, 7) is 3.05. The monoisotopic (exact) mass is 267 g/mol. The quantitative estimate of drug-likeness (QED) is 0.820. The van der Waals surface area contributed by atoms with E-state index >= 15 is 0 Å². The van der Waals surface area contributed by atoms with Crippen molar-refractivity contribution in [3.05, 3.63) is 11.7 Å². The number of hydrogen-bond donors (Lipinski definition) is 1. The van der Waals surface area contributed by atoms with E-state index in [0.717, 1.165) is 50.4 Å². The molecule has 0 bridgehead atoms. The number of nitrogens with one attached hydrogen (secondary N) is 1. The molecule has 5 nitrogen and oxygen atoms in total. The van der Waals surface area contributed by atoms with E-state index in [1.165, 1.54) is 12.8 Å². The largest absolute Gasteiger partial charge is 0.378 e. The lowest BCUT2D eigenvalue weighted by Gasteiger charge is -2.20. The Labute approximate surface area is 115 Å². The van der Waals surface area contributed by atoms with E-state index in [9.17, 15) is 0 Å². The second kappa shape index (κ2) is 7.60. The fourth-order valence-electron chi connectivity index (χ4n) is 2.54. The average Bonchev–Trinajstić information content (AvgIpc) is 2.86. The van der Waals surface area contributed by atoms with Crippen LogP contribution in [0.1, 0.15) is 50.7 Å². The van der Waals surface area contributed by atoms with Crippen LogP contribution in [0.3, 0.4) is 0 Å². The number of hydrogen-bond acceptors (Lipinski definition) is 5. The van der Waals surface area contributed by atoms with Gasteiger partial charge in [0.15, 0.2) is 5.82 Å². The van der Waals surface area contributed by atoms with Gasteiger partial charge in [-0.25, -0.2) is 0 Å². The number of ether oxygens (including phenoxy) is 1. The van der Waals surface area contributed by atoms with Crippen molar-refractivity contribution in [2.75, 3.05) is 13.7 Å². The lowest BCUT2D eigenvalue weighted by molar-refractivity contribution is 0.0153. The third-order valence-electron chi connectivity index (χ3n) is 3.66. The van der Waals surface area contributed by atoms with Crippen LogP contribution in [0.15, 0.2) is 4.52 Å². The van der Waals surface area contributed by atoms with Crippen molar-refractivity contribution >= 4 is 0 Å². The van der Waals surface area contributed by atoms with E-state index < -0.39 is 0 Å². The lowest BCUT2D eigenvalue weighted by Crippen LogP contribution is -2.27. The second-order valence-electron chi connectivity index (χ2n) is 5.28. The number of nitrogens with zero attached hydrogens (tertiary/aromatic N) is 2. The first-order valence-electron chi connectivity index (χ1n) is 7.42. The highest BCUT2D eigenvalue weighted by Gasteiger charge is 2.18. The van der Waals surface area contributed by atoms with Gasteiger partial charge in [0.25, 0.3) is 0 Å². The van der Waals surface area contributed by atoms with E-state index in [2.05, 4.69) is 22.4 Å². The summed E-state index contributed by atoms with van der Waals surface area (Å²) < 4.78 is 11.0. The van der Waals surface area contributed by atoms with Crippen molar-refractivity contribution in [2.24, 2.45) is 0 Å². The molecule has 2 atom stereocenters. The molecule has 1 aliphatic rings. The van der Waals surface area contributed by atoms with Crippen LogP contribution < -0.4 is 5.32 Å². The third kappa shape index (κ3) is 4.58. The Balaban J connectivity index is 1.83. The minimum Gasteiger partial charge on any atom is -0.378 e. The molecule has 0 aromatic carbocycles. The van der Waals surface area contributed by atoms with Gasteiger partial charge in [0.2, 0.25) is 5.89 Å². The van der Waals surface area contributed by atoms with Gasteiger partial charge in [-0.05, 0) is 32.7 Å². The fraction of sp³-hybridized carbons (Fsp3) is 0.857. The SMILES string of the molecule is CCCC(Cc1nc(CC2CCCCO2)no1)NC. The highest BCUT2D eigenvalue weighted by molar-refractivity contribution is 4.91. The summed E-state index contributed by atoms with van der Waals surface area (Å²) in [5.74, 6) is 1.52. The van der Waals surface area contributed by atoms with Crippen molar-refractivity contribution in [1.29, 1.82) is 0 Å². The molecule has 2 heterocycles. The molecule has 1 aromatic rings. The molecular formula is C14H25N3O2. The summed E-state index contributed by atoms with van der Waals surface area (Å²) >= 11 is 0. The van der Waals surface area contributed by atoms with Gasteiger partial charge < -0.3 is 14.6 Å². The van der Waals surface area contributed by atoms with Crippen LogP contribution in [-0.2, 0) is 17.6 Å². The second-order valence-corrected chi connectivity index (χ2v) is 5.28. The molecule has 1 N–H and O–H groups in total. The van der Waals surface area contributed by atoms with E-state index in [4.69, 9.17) is 9.26 Å². The normalized spacial score (nSPS) is 21.5. The van der Waals surface area contributed by atoms with Gasteiger partial charge in [0, 0.05) is 25.5 Å². The zero-order valence-corrected chi connectivity index (χ0v) is 12.0. The molecule has 108 valence electrons. The zero-order valence-electron chi connectivity index (χ0n) is 12.0. The number of rotatable bonds is 7. The van der Waals surface area contributed by atoms with Crippen LogP contribution in [-0.4, -0.2) is 35.9 Å². The summed E-state index contributed by atoms with van der Waals surface area (Å²) in [6, 6.07) is 0.421. The Kier molecular flexibility index (Phi) is 5.79. The van der Waals surface area contributed by atoms with Crippen molar-refractivity contribution in [3.8, 4) is 0 Å². The van der Waals surface area contributed by atoms with E-state index in [0.29, 0.717) is 6.04 Å². The minimum atomic E-state index is 0.273. The summed E-state index contributed by atoms with van der Waals surface area (Å²) in [5, 5.41) is 7.35. The van der Waals surface area contributed by atoms with Gasteiger partial charge in [0.05, 0.1) is 6.10 Å². The van der Waals surface area contributed by atoms with Gasteiger partial charge in [-0.2, -0.15) is 4.98 Å².